The SMILES string of the molecule is CCOC(=O)C1CCC1n1c(=O)nc(-n2cccn2)n(Cc2ccc(C)cc2)c1=O. The molecule has 1 fully saturated rings. The van der Waals surface area contributed by atoms with Gasteiger partial charge in [-0.15, -0.1) is 0 Å². The predicted molar refractivity (Wildman–Crippen MR) is 109 cm³/mol. The Morgan fingerprint density at radius 1 is 1.20 bits per heavy atom. The van der Waals surface area contributed by atoms with Gasteiger partial charge < -0.3 is 4.74 Å². The van der Waals surface area contributed by atoms with Gasteiger partial charge in [-0.1, -0.05) is 29.8 Å². The van der Waals surface area contributed by atoms with Crippen molar-refractivity contribution in [2.75, 3.05) is 6.61 Å². The lowest BCUT2D eigenvalue weighted by Crippen LogP contribution is -2.51. The molecule has 9 heteroatoms. The molecule has 0 bridgehead atoms. The van der Waals surface area contributed by atoms with Gasteiger partial charge in [-0.2, -0.15) is 10.1 Å². The molecule has 4 rings (SSSR count). The maximum atomic E-state index is 13.4. The summed E-state index contributed by atoms with van der Waals surface area (Å²) < 4.78 is 9.00. The Morgan fingerprint density at radius 2 is 1.97 bits per heavy atom. The smallest absolute Gasteiger partial charge is 0.355 e. The fourth-order valence-electron chi connectivity index (χ4n) is 3.67. The molecule has 2 aromatic heterocycles. The summed E-state index contributed by atoms with van der Waals surface area (Å²) in [6.07, 6.45) is 4.30. The first-order chi connectivity index (χ1) is 14.5. The number of carbonyl (C=O) groups excluding carboxylic acids is 1. The van der Waals surface area contributed by atoms with Crippen LogP contribution < -0.4 is 11.4 Å². The van der Waals surface area contributed by atoms with Crippen LogP contribution in [0.15, 0.2) is 52.3 Å². The number of nitrogens with zero attached hydrogens (tertiary/aromatic N) is 5. The van der Waals surface area contributed by atoms with Crippen molar-refractivity contribution in [3.8, 4) is 5.95 Å². The van der Waals surface area contributed by atoms with E-state index in [0.717, 1.165) is 15.7 Å². The zero-order valence-corrected chi connectivity index (χ0v) is 16.9. The molecular weight excluding hydrogens is 386 g/mol. The molecule has 0 amide bonds. The highest BCUT2D eigenvalue weighted by atomic mass is 16.5. The Hall–Kier alpha value is -3.49. The third kappa shape index (κ3) is 3.58. The molecule has 1 aromatic carbocycles. The van der Waals surface area contributed by atoms with Gasteiger partial charge in [0.1, 0.15) is 0 Å². The van der Waals surface area contributed by atoms with E-state index in [1.807, 2.05) is 31.2 Å². The number of aromatic nitrogens is 5. The van der Waals surface area contributed by atoms with Crippen molar-refractivity contribution in [1.82, 2.24) is 23.9 Å². The molecule has 156 valence electrons. The second kappa shape index (κ2) is 8.10. The van der Waals surface area contributed by atoms with Crippen LogP contribution in [-0.2, 0) is 16.1 Å². The predicted octanol–water partition coefficient (Wildman–Crippen LogP) is 1.46. The van der Waals surface area contributed by atoms with Crippen molar-refractivity contribution in [3.63, 3.8) is 0 Å². The van der Waals surface area contributed by atoms with Crippen LogP contribution in [0, 0.1) is 12.8 Å². The lowest BCUT2D eigenvalue weighted by Gasteiger charge is -2.35. The van der Waals surface area contributed by atoms with Crippen molar-refractivity contribution < 1.29 is 9.53 Å². The van der Waals surface area contributed by atoms with Crippen LogP contribution in [0.1, 0.15) is 36.9 Å². The topological polar surface area (TPSA) is 101 Å². The summed E-state index contributed by atoms with van der Waals surface area (Å²) in [5.74, 6) is -0.763. The number of aryl methyl sites for hydroxylation is 1. The average molecular weight is 409 g/mol. The molecule has 9 nitrogen and oxygen atoms in total. The van der Waals surface area contributed by atoms with Crippen LogP contribution >= 0.6 is 0 Å². The standard InChI is InChI=1S/C21H23N5O4/c1-3-30-18(27)16-9-10-17(16)26-20(28)23-19(25-12-4-11-22-25)24(21(26)29)13-15-7-5-14(2)6-8-15/h4-8,11-12,16-17H,3,9-10,13H2,1-2H3. The maximum absolute atomic E-state index is 13.4. The molecule has 0 aliphatic heterocycles. The van der Waals surface area contributed by atoms with E-state index in [0.29, 0.717) is 12.8 Å². The molecule has 2 heterocycles. The highest BCUT2D eigenvalue weighted by molar-refractivity contribution is 5.74. The number of hydrogen-bond donors (Lipinski definition) is 0. The lowest BCUT2D eigenvalue weighted by atomic mass is 9.79. The summed E-state index contributed by atoms with van der Waals surface area (Å²) in [6.45, 7) is 4.19. The van der Waals surface area contributed by atoms with E-state index < -0.39 is 23.3 Å². The van der Waals surface area contributed by atoms with Crippen LogP contribution in [0.25, 0.3) is 5.95 Å². The average Bonchev–Trinajstić information content (AvgIpc) is 3.22. The van der Waals surface area contributed by atoms with Gasteiger partial charge in [-0.25, -0.2) is 18.8 Å². The normalized spacial score (nSPS) is 18.1. The van der Waals surface area contributed by atoms with Crippen LogP contribution in [0.3, 0.4) is 0 Å². The van der Waals surface area contributed by atoms with Crippen molar-refractivity contribution in [1.29, 1.82) is 0 Å². The van der Waals surface area contributed by atoms with Crippen molar-refractivity contribution in [2.24, 2.45) is 5.92 Å². The zero-order valence-electron chi connectivity index (χ0n) is 16.9. The number of carbonyl (C=O) groups is 1. The Labute approximate surface area is 172 Å². The molecule has 1 aliphatic rings. The summed E-state index contributed by atoms with van der Waals surface area (Å²) >= 11 is 0. The first-order valence-corrected chi connectivity index (χ1v) is 9.95. The zero-order chi connectivity index (χ0) is 21.3. The highest BCUT2D eigenvalue weighted by Crippen LogP contribution is 2.37. The number of benzene rings is 1. The first kappa shape index (κ1) is 19.8. The van der Waals surface area contributed by atoms with Crippen molar-refractivity contribution in [2.45, 2.75) is 39.3 Å². The molecule has 0 N–H and O–H groups in total. The maximum Gasteiger partial charge on any atom is 0.355 e. The van der Waals surface area contributed by atoms with Crippen molar-refractivity contribution in [3.05, 3.63) is 74.8 Å². The molecule has 1 aliphatic carbocycles. The van der Waals surface area contributed by atoms with E-state index in [2.05, 4.69) is 10.1 Å². The van der Waals surface area contributed by atoms with Crippen LogP contribution in [-0.4, -0.2) is 36.5 Å². The Morgan fingerprint density at radius 3 is 2.57 bits per heavy atom. The quantitative estimate of drug-likeness (QED) is 0.572. The summed E-state index contributed by atoms with van der Waals surface area (Å²) in [7, 11) is 0. The lowest BCUT2D eigenvalue weighted by molar-refractivity contribution is -0.153. The van der Waals surface area contributed by atoms with E-state index in [1.54, 1.807) is 25.4 Å². The third-order valence-corrected chi connectivity index (χ3v) is 5.41. The van der Waals surface area contributed by atoms with Crippen LogP contribution in [0.2, 0.25) is 0 Å². The molecule has 3 aromatic rings. The summed E-state index contributed by atoms with van der Waals surface area (Å²) in [5.41, 5.74) is 0.789. The van der Waals surface area contributed by atoms with Gasteiger partial charge in [0, 0.05) is 12.4 Å². The fourth-order valence-corrected chi connectivity index (χ4v) is 3.67. The van der Waals surface area contributed by atoms with Gasteiger partial charge in [-0.05, 0) is 38.3 Å². The number of ether oxygens (including phenoxy) is 1. The van der Waals surface area contributed by atoms with Gasteiger partial charge in [0.15, 0.2) is 0 Å². The van der Waals surface area contributed by atoms with Crippen molar-refractivity contribution >= 4 is 5.97 Å². The van der Waals surface area contributed by atoms with Gasteiger partial charge in [0.2, 0.25) is 5.95 Å². The van der Waals surface area contributed by atoms with Gasteiger partial charge in [0.25, 0.3) is 0 Å². The molecule has 0 saturated heterocycles. The van der Waals surface area contributed by atoms with Gasteiger partial charge in [-0.3, -0.25) is 9.36 Å². The van der Waals surface area contributed by atoms with Crippen LogP contribution in [0.5, 0.6) is 0 Å². The summed E-state index contributed by atoms with van der Waals surface area (Å²) in [4.78, 5) is 42.6. The number of rotatable bonds is 6. The van der Waals surface area contributed by atoms with E-state index in [1.165, 1.54) is 9.25 Å². The minimum absolute atomic E-state index is 0.138. The molecule has 0 spiro atoms. The largest absolute Gasteiger partial charge is 0.466 e. The molecular formula is C21H23N5O4. The number of hydrogen-bond acceptors (Lipinski definition) is 6. The summed E-state index contributed by atoms with van der Waals surface area (Å²) in [6, 6.07) is 8.91. The molecule has 0 radical (unpaired) electrons. The van der Waals surface area contributed by atoms with E-state index in [9.17, 15) is 14.4 Å². The summed E-state index contributed by atoms with van der Waals surface area (Å²) in [5, 5.41) is 4.13. The van der Waals surface area contributed by atoms with Gasteiger partial charge >= 0.3 is 17.3 Å². The van der Waals surface area contributed by atoms with E-state index in [-0.39, 0.29) is 25.1 Å². The second-order valence-corrected chi connectivity index (χ2v) is 7.37. The van der Waals surface area contributed by atoms with Gasteiger partial charge in [0.05, 0.1) is 25.1 Å². The Bertz CT molecular complexity index is 1160. The highest BCUT2D eigenvalue weighted by Gasteiger charge is 2.41. The minimum atomic E-state index is -0.690. The molecule has 2 unspecified atom stereocenters. The van der Waals surface area contributed by atoms with Crippen LogP contribution in [0.4, 0.5) is 0 Å². The molecule has 30 heavy (non-hydrogen) atoms. The first-order valence-electron chi connectivity index (χ1n) is 9.95. The molecule has 2 atom stereocenters. The molecule has 1 saturated carbocycles. The third-order valence-electron chi connectivity index (χ3n) is 5.41. The Balaban J connectivity index is 1.81. The van der Waals surface area contributed by atoms with E-state index in [4.69, 9.17) is 4.74 Å². The monoisotopic (exact) mass is 409 g/mol. The number of esters is 1. The second-order valence-electron chi connectivity index (χ2n) is 7.37. The minimum Gasteiger partial charge on any atom is -0.466 e. The van der Waals surface area contributed by atoms with E-state index >= 15 is 0 Å². The fraction of sp³-hybridized carbons (Fsp3) is 0.381. The Kier molecular flexibility index (Phi) is 5.35.